The largest absolute Gasteiger partial charge is 0.504 e. The first-order chi connectivity index (χ1) is 10.1. The molecule has 0 unspecified atom stereocenters. The molecule has 21 heavy (non-hydrogen) atoms. The van der Waals surface area contributed by atoms with E-state index in [9.17, 15) is 15.0 Å². The van der Waals surface area contributed by atoms with Crippen molar-refractivity contribution in [2.24, 2.45) is 0 Å². The average Bonchev–Trinajstić information content (AvgIpc) is 2.50. The number of aromatic hydroxyl groups is 2. The molecule has 0 atom stereocenters. The Bertz CT molecular complexity index is 879. The Hall–Kier alpha value is -2.95. The molecular formula is C16H12O5. The van der Waals surface area contributed by atoms with Gasteiger partial charge in [0, 0.05) is 22.6 Å². The molecular weight excluding hydrogens is 272 g/mol. The predicted octanol–water partition coefficient (Wildman–Crippen LogP) is 2.88. The Balaban J connectivity index is 2.43. The molecule has 106 valence electrons. The molecule has 0 saturated carbocycles. The van der Waals surface area contributed by atoms with Crippen molar-refractivity contribution in [1.82, 2.24) is 0 Å². The number of hydrogen-bond donors (Lipinski definition) is 2. The molecule has 0 bridgehead atoms. The molecule has 0 aliphatic rings. The standard InChI is InChI=1S/C16H12O5/c1-20-13-5-3-2-4-9(13)11-8-14(18)21-16-10(11)6-7-12(17)15(16)19/h2-8,17,19H,1H3. The van der Waals surface area contributed by atoms with Crippen LogP contribution in [0.3, 0.4) is 0 Å². The normalized spacial score (nSPS) is 10.7. The molecule has 0 aliphatic heterocycles. The van der Waals surface area contributed by atoms with E-state index in [0.717, 1.165) is 0 Å². The van der Waals surface area contributed by atoms with Crippen LogP contribution in [0.1, 0.15) is 0 Å². The van der Waals surface area contributed by atoms with Crippen LogP contribution < -0.4 is 10.4 Å². The highest BCUT2D eigenvalue weighted by atomic mass is 16.5. The molecule has 2 N–H and O–H groups in total. The number of ether oxygens (including phenoxy) is 1. The Morgan fingerprint density at radius 1 is 1.05 bits per heavy atom. The summed E-state index contributed by atoms with van der Waals surface area (Å²) < 4.78 is 10.3. The van der Waals surface area contributed by atoms with Gasteiger partial charge in [-0.05, 0) is 18.2 Å². The summed E-state index contributed by atoms with van der Waals surface area (Å²) in [7, 11) is 1.54. The van der Waals surface area contributed by atoms with Crippen molar-refractivity contribution in [3.63, 3.8) is 0 Å². The number of benzene rings is 2. The third kappa shape index (κ3) is 2.08. The van der Waals surface area contributed by atoms with Crippen LogP contribution in [0.5, 0.6) is 17.2 Å². The Morgan fingerprint density at radius 3 is 2.57 bits per heavy atom. The highest BCUT2D eigenvalue weighted by Crippen LogP contribution is 2.39. The average molecular weight is 284 g/mol. The van der Waals surface area contributed by atoms with Crippen molar-refractivity contribution in [2.45, 2.75) is 0 Å². The van der Waals surface area contributed by atoms with Crippen molar-refractivity contribution < 1.29 is 19.4 Å². The number of hydrogen-bond acceptors (Lipinski definition) is 5. The molecule has 0 spiro atoms. The summed E-state index contributed by atoms with van der Waals surface area (Å²) in [4.78, 5) is 11.7. The van der Waals surface area contributed by atoms with E-state index in [-0.39, 0.29) is 11.3 Å². The molecule has 0 radical (unpaired) electrons. The van der Waals surface area contributed by atoms with Crippen molar-refractivity contribution in [3.05, 3.63) is 52.9 Å². The van der Waals surface area contributed by atoms with Crippen LogP contribution >= 0.6 is 0 Å². The van der Waals surface area contributed by atoms with E-state index in [1.54, 1.807) is 18.2 Å². The molecule has 0 fully saturated rings. The SMILES string of the molecule is COc1ccccc1-c1cc(=O)oc2c(O)c(O)ccc12. The second-order valence-corrected chi connectivity index (χ2v) is 4.49. The summed E-state index contributed by atoms with van der Waals surface area (Å²) >= 11 is 0. The van der Waals surface area contributed by atoms with E-state index < -0.39 is 11.4 Å². The Labute approximate surface area is 119 Å². The summed E-state index contributed by atoms with van der Waals surface area (Å²) in [6.07, 6.45) is 0. The number of rotatable bonds is 2. The zero-order chi connectivity index (χ0) is 15.0. The summed E-state index contributed by atoms with van der Waals surface area (Å²) in [6.45, 7) is 0. The molecule has 3 aromatic rings. The third-order valence-electron chi connectivity index (χ3n) is 3.26. The maximum absolute atomic E-state index is 11.7. The minimum Gasteiger partial charge on any atom is -0.504 e. The van der Waals surface area contributed by atoms with Gasteiger partial charge in [0.05, 0.1) is 7.11 Å². The minimum atomic E-state index is -0.621. The minimum absolute atomic E-state index is 0.0524. The number of para-hydroxylation sites is 1. The van der Waals surface area contributed by atoms with Gasteiger partial charge < -0.3 is 19.4 Å². The van der Waals surface area contributed by atoms with Crippen LogP contribution in [0.25, 0.3) is 22.1 Å². The molecule has 1 heterocycles. The van der Waals surface area contributed by atoms with E-state index in [1.165, 1.54) is 19.2 Å². The molecule has 5 heteroatoms. The van der Waals surface area contributed by atoms with Gasteiger partial charge in [-0.1, -0.05) is 18.2 Å². The van der Waals surface area contributed by atoms with Crippen LogP contribution in [0.15, 0.2) is 51.7 Å². The number of phenolic OH excluding ortho intramolecular Hbond substituents is 2. The lowest BCUT2D eigenvalue weighted by molar-refractivity contribution is 0.397. The van der Waals surface area contributed by atoms with E-state index in [1.807, 2.05) is 12.1 Å². The maximum atomic E-state index is 11.7. The lowest BCUT2D eigenvalue weighted by Crippen LogP contribution is -1.99. The molecule has 0 aliphatic carbocycles. The van der Waals surface area contributed by atoms with Crippen molar-refractivity contribution in [3.8, 4) is 28.4 Å². The Morgan fingerprint density at radius 2 is 1.81 bits per heavy atom. The summed E-state index contributed by atoms with van der Waals surface area (Å²) in [5, 5.41) is 19.9. The lowest BCUT2D eigenvalue weighted by Gasteiger charge is -2.11. The summed E-state index contributed by atoms with van der Waals surface area (Å²) in [5.74, 6) is -0.207. The van der Waals surface area contributed by atoms with Crippen LogP contribution in [-0.4, -0.2) is 17.3 Å². The van der Waals surface area contributed by atoms with Crippen molar-refractivity contribution in [1.29, 1.82) is 0 Å². The van der Waals surface area contributed by atoms with Crippen molar-refractivity contribution in [2.75, 3.05) is 7.11 Å². The zero-order valence-electron chi connectivity index (χ0n) is 11.2. The van der Waals surface area contributed by atoms with E-state index in [2.05, 4.69) is 0 Å². The predicted molar refractivity (Wildman–Crippen MR) is 77.8 cm³/mol. The molecule has 3 rings (SSSR count). The maximum Gasteiger partial charge on any atom is 0.336 e. The van der Waals surface area contributed by atoms with Gasteiger partial charge >= 0.3 is 5.63 Å². The number of methoxy groups -OCH3 is 1. The van der Waals surface area contributed by atoms with Gasteiger partial charge in [-0.25, -0.2) is 4.79 Å². The quantitative estimate of drug-likeness (QED) is 0.558. The monoisotopic (exact) mass is 284 g/mol. The molecule has 5 nitrogen and oxygen atoms in total. The van der Waals surface area contributed by atoms with Crippen LogP contribution in [0, 0.1) is 0 Å². The van der Waals surface area contributed by atoms with Gasteiger partial charge in [-0.2, -0.15) is 0 Å². The summed E-state index contributed by atoms with van der Waals surface area (Å²) in [6, 6.07) is 11.5. The molecule has 2 aromatic carbocycles. The van der Waals surface area contributed by atoms with Gasteiger partial charge in [0.1, 0.15) is 5.75 Å². The van der Waals surface area contributed by atoms with Crippen LogP contribution in [0.2, 0.25) is 0 Å². The molecule has 0 saturated heterocycles. The van der Waals surface area contributed by atoms with E-state index in [4.69, 9.17) is 9.15 Å². The lowest BCUT2D eigenvalue weighted by atomic mass is 10.0. The molecule has 0 amide bonds. The fourth-order valence-corrected chi connectivity index (χ4v) is 2.29. The highest BCUT2D eigenvalue weighted by molar-refractivity contribution is 5.98. The van der Waals surface area contributed by atoms with Gasteiger partial charge in [-0.15, -0.1) is 0 Å². The highest BCUT2D eigenvalue weighted by Gasteiger charge is 2.15. The Kier molecular flexibility index (Phi) is 3.02. The summed E-state index contributed by atoms with van der Waals surface area (Å²) in [5.41, 5.74) is 0.588. The van der Waals surface area contributed by atoms with Gasteiger partial charge in [0.15, 0.2) is 11.3 Å². The number of phenols is 2. The molecule has 1 aromatic heterocycles. The smallest absolute Gasteiger partial charge is 0.336 e. The first kappa shape index (κ1) is 13.1. The van der Waals surface area contributed by atoms with E-state index in [0.29, 0.717) is 22.3 Å². The van der Waals surface area contributed by atoms with Gasteiger partial charge in [0.25, 0.3) is 0 Å². The van der Waals surface area contributed by atoms with Crippen molar-refractivity contribution >= 4 is 11.0 Å². The number of fused-ring (bicyclic) bond motifs is 1. The van der Waals surface area contributed by atoms with Gasteiger partial charge in [-0.3, -0.25) is 0 Å². The van der Waals surface area contributed by atoms with Crippen LogP contribution in [0.4, 0.5) is 0 Å². The second-order valence-electron chi connectivity index (χ2n) is 4.49. The second kappa shape index (κ2) is 4.86. The topological polar surface area (TPSA) is 79.9 Å². The van der Waals surface area contributed by atoms with Crippen LogP contribution in [-0.2, 0) is 0 Å². The van der Waals surface area contributed by atoms with E-state index >= 15 is 0 Å². The third-order valence-corrected chi connectivity index (χ3v) is 3.26. The first-order valence-corrected chi connectivity index (χ1v) is 6.24. The fraction of sp³-hybridized carbons (Fsp3) is 0.0625. The zero-order valence-corrected chi connectivity index (χ0v) is 11.2. The first-order valence-electron chi connectivity index (χ1n) is 6.24. The van der Waals surface area contributed by atoms with Gasteiger partial charge in [0.2, 0.25) is 5.75 Å². The fourth-order valence-electron chi connectivity index (χ4n) is 2.29.